The number of hydrogen-bond acceptors (Lipinski definition) is 7. The molecule has 0 unspecified atom stereocenters. The number of H-pyrrole nitrogens is 1. The first-order valence-corrected chi connectivity index (χ1v) is 10.7. The highest BCUT2D eigenvalue weighted by atomic mass is 16.5. The Morgan fingerprint density at radius 3 is 2.70 bits per heavy atom. The molecular formula is C24H25N5O4. The highest BCUT2D eigenvalue weighted by molar-refractivity contribution is 5.95. The summed E-state index contributed by atoms with van der Waals surface area (Å²) in [6.07, 6.45) is 0. The second-order valence-corrected chi connectivity index (χ2v) is 8.59. The van der Waals surface area contributed by atoms with Gasteiger partial charge < -0.3 is 24.6 Å². The number of benzene rings is 2. The molecule has 9 heteroatoms. The molecule has 3 heterocycles. The Morgan fingerprint density at radius 2 is 1.97 bits per heavy atom. The zero-order chi connectivity index (χ0) is 23.0. The Kier molecular flexibility index (Phi) is 5.35. The summed E-state index contributed by atoms with van der Waals surface area (Å²) < 4.78 is 16.2. The lowest BCUT2D eigenvalue weighted by molar-refractivity contribution is 0.0454. The Bertz CT molecular complexity index is 1280. The summed E-state index contributed by atoms with van der Waals surface area (Å²) in [6.45, 7) is 4.08. The van der Waals surface area contributed by atoms with Crippen molar-refractivity contribution in [3.8, 4) is 28.5 Å². The molecule has 0 aliphatic carbocycles. The SMILES string of the molecule is COCCOc1ccc2c(-c3cc(-c4ccc(C(=O)N5CC(C)(N)C5)cc4)no3)n[nH]c2c1. The summed E-state index contributed by atoms with van der Waals surface area (Å²) in [4.78, 5) is 14.3. The number of aromatic amines is 1. The topological polar surface area (TPSA) is 120 Å². The number of nitrogens with one attached hydrogen (secondary N) is 1. The van der Waals surface area contributed by atoms with E-state index in [1.54, 1.807) is 24.1 Å². The Morgan fingerprint density at radius 1 is 1.18 bits per heavy atom. The van der Waals surface area contributed by atoms with Crippen LogP contribution in [-0.2, 0) is 4.74 Å². The molecule has 1 aliphatic heterocycles. The fraction of sp³-hybridized carbons (Fsp3) is 0.292. The van der Waals surface area contributed by atoms with Crippen molar-refractivity contribution in [3.05, 3.63) is 54.1 Å². The van der Waals surface area contributed by atoms with Crippen LogP contribution in [0.5, 0.6) is 5.75 Å². The van der Waals surface area contributed by atoms with Crippen LogP contribution in [-0.4, -0.2) is 65.1 Å². The second-order valence-electron chi connectivity index (χ2n) is 8.59. The predicted octanol–water partition coefficient (Wildman–Crippen LogP) is 3.08. The number of likely N-dealkylation sites (tertiary alicyclic amines) is 1. The number of ether oxygens (including phenoxy) is 2. The van der Waals surface area contributed by atoms with Crippen LogP contribution in [0.3, 0.4) is 0 Å². The fourth-order valence-electron chi connectivity index (χ4n) is 3.98. The molecule has 2 aromatic carbocycles. The number of fused-ring (bicyclic) bond motifs is 1. The van der Waals surface area contributed by atoms with Crippen molar-refractivity contribution >= 4 is 16.8 Å². The maximum Gasteiger partial charge on any atom is 0.253 e. The first-order valence-electron chi connectivity index (χ1n) is 10.7. The van der Waals surface area contributed by atoms with E-state index in [0.717, 1.165) is 22.2 Å². The van der Waals surface area contributed by atoms with Gasteiger partial charge in [0, 0.05) is 54.4 Å². The van der Waals surface area contributed by atoms with E-state index < -0.39 is 0 Å². The smallest absolute Gasteiger partial charge is 0.253 e. The molecule has 33 heavy (non-hydrogen) atoms. The van der Waals surface area contributed by atoms with Crippen LogP contribution in [0.25, 0.3) is 33.6 Å². The average Bonchev–Trinajstić information content (AvgIpc) is 3.44. The van der Waals surface area contributed by atoms with Crippen molar-refractivity contribution in [1.29, 1.82) is 0 Å². The molecule has 1 amide bonds. The van der Waals surface area contributed by atoms with Crippen LogP contribution in [0.4, 0.5) is 0 Å². The van der Waals surface area contributed by atoms with E-state index in [9.17, 15) is 4.79 Å². The molecule has 5 rings (SSSR count). The van der Waals surface area contributed by atoms with Crippen molar-refractivity contribution in [2.75, 3.05) is 33.4 Å². The Hall–Kier alpha value is -3.69. The van der Waals surface area contributed by atoms with Gasteiger partial charge in [0.25, 0.3) is 5.91 Å². The molecule has 4 aromatic rings. The van der Waals surface area contributed by atoms with E-state index in [1.165, 1.54) is 0 Å². The van der Waals surface area contributed by atoms with Crippen LogP contribution in [0.1, 0.15) is 17.3 Å². The normalized spacial score (nSPS) is 14.9. The van der Waals surface area contributed by atoms with Gasteiger partial charge in [-0.3, -0.25) is 9.89 Å². The lowest BCUT2D eigenvalue weighted by Crippen LogP contribution is -2.66. The number of carbonyl (C=O) groups is 1. The molecule has 0 atom stereocenters. The molecule has 2 aromatic heterocycles. The number of carbonyl (C=O) groups excluding carboxylic acids is 1. The number of amides is 1. The molecular weight excluding hydrogens is 422 g/mol. The van der Waals surface area contributed by atoms with E-state index in [1.807, 2.05) is 43.3 Å². The number of nitrogens with zero attached hydrogens (tertiary/aromatic N) is 3. The highest BCUT2D eigenvalue weighted by Crippen LogP contribution is 2.31. The Balaban J connectivity index is 1.32. The van der Waals surface area contributed by atoms with Crippen LogP contribution in [0, 0.1) is 0 Å². The van der Waals surface area contributed by atoms with Crippen molar-refractivity contribution in [2.24, 2.45) is 5.73 Å². The third-order valence-electron chi connectivity index (χ3n) is 5.65. The van der Waals surface area contributed by atoms with Gasteiger partial charge in [0.15, 0.2) is 5.76 Å². The van der Waals surface area contributed by atoms with Gasteiger partial charge in [-0.1, -0.05) is 17.3 Å². The molecule has 3 N–H and O–H groups in total. The summed E-state index contributed by atoms with van der Waals surface area (Å²) in [5.74, 6) is 1.27. The summed E-state index contributed by atoms with van der Waals surface area (Å²) in [5.41, 5.74) is 9.36. The van der Waals surface area contributed by atoms with E-state index >= 15 is 0 Å². The molecule has 1 fully saturated rings. The van der Waals surface area contributed by atoms with Crippen molar-refractivity contribution < 1.29 is 18.8 Å². The van der Waals surface area contributed by atoms with Gasteiger partial charge in [0.2, 0.25) is 0 Å². The first-order chi connectivity index (χ1) is 15.9. The Labute approximate surface area is 190 Å². The van der Waals surface area contributed by atoms with Gasteiger partial charge in [-0.15, -0.1) is 0 Å². The first kappa shape index (κ1) is 21.2. The average molecular weight is 447 g/mol. The van der Waals surface area contributed by atoms with Crippen molar-refractivity contribution in [3.63, 3.8) is 0 Å². The van der Waals surface area contributed by atoms with E-state index in [4.69, 9.17) is 19.7 Å². The monoisotopic (exact) mass is 447 g/mol. The van der Waals surface area contributed by atoms with E-state index in [-0.39, 0.29) is 11.4 Å². The molecule has 0 radical (unpaired) electrons. The number of nitrogens with two attached hydrogens (primary N) is 1. The van der Waals surface area contributed by atoms with Crippen LogP contribution >= 0.6 is 0 Å². The van der Waals surface area contributed by atoms with Crippen molar-refractivity contribution in [1.82, 2.24) is 20.3 Å². The number of rotatable bonds is 7. The highest BCUT2D eigenvalue weighted by Gasteiger charge is 2.38. The molecule has 0 bridgehead atoms. The summed E-state index contributed by atoms with van der Waals surface area (Å²) in [5, 5.41) is 12.5. The minimum atomic E-state index is -0.290. The minimum Gasteiger partial charge on any atom is -0.491 e. The molecule has 0 saturated carbocycles. The largest absolute Gasteiger partial charge is 0.491 e. The zero-order valence-electron chi connectivity index (χ0n) is 18.5. The van der Waals surface area contributed by atoms with Crippen LogP contribution in [0.15, 0.2) is 53.1 Å². The lowest BCUT2D eigenvalue weighted by atomic mass is 9.93. The van der Waals surface area contributed by atoms with Gasteiger partial charge in [-0.2, -0.15) is 5.10 Å². The third-order valence-corrected chi connectivity index (χ3v) is 5.65. The van der Waals surface area contributed by atoms with Gasteiger partial charge in [-0.25, -0.2) is 0 Å². The maximum atomic E-state index is 12.6. The molecule has 1 saturated heterocycles. The summed E-state index contributed by atoms with van der Waals surface area (Å²) >= 11 is 0. The number of methoxy groups -OCH3 is 1. The lowest BCUT2D eigenvalue weighted by Gasteiger charge is -2.45. The van der Waals surface area contributed by atoms with Crippen LogP contribution in [0.2, 0.25) is 0 Å². The minimum absolute atomic E-state index is 0.0149. The van der Waals surface area contributed by atoms with E-state index in [0.29, 0.717) is 49.0 Å². The standard InChI is InChI=1S/C24H25N5O4/c1-24(25)13-29(14-24)23(30)16-5-3-15(4-6-16)19-12-21(33-28-19)22-18-8-7-17(32-10-9-31-2)11-20(18)26-27-22/h3-8,11-12H,9-10,13-14,25H2,1-2H3,(H,26,27). The molecule has 0 spiro atoms. The van der Waals surface area contributed by atoms with Gasteiger partial charge in [0.1, 0.15) is 23.7 Å². The van der Waals surface area contributed by atoms with Gasteiger partial charge in [0.05, 0.1) is 12.1 Å². The second kappa shape index (κ2) is 8.34. The predicted molar refractivity (Wildman–Crippen MR) is 123 cm³/mol. The summed E-state index contributed by atoms with van der Waals surface area (Å²) in [6, 6.07) is 14.9. The molecule has 9 nitrogen and oxygen atoms in total. The summed E-state index contributed by atoms with van der Waals surface area (Å²) in [7, 11) is 1.64. The van der Waals surface area contributed by atoms with Gasteiger partial charge in [-0.05, 0) is 31.2 Å². The number of aromatic nitrogens is 3. The maximum absolute atomic E-state index is 12.6. The number of hydrogen-bond donors (Lipinski definition) is 2. The molecule has 1 aliphatic rings. The van der Waals surface area contributed by atoms with Crippen LogP contribution < -0.4 is 10.5 Å². The fourth-order valence-corrected chi connectivity index (χ4v) is 3.98. The third kappa shape index (κ3) is 4.20. The van der Waals surface area contributed by atoms with E-state index in [2.05, 4.69) is 15.4 Å². The molecule has 170 valence electrons. The van der Waals surface area contributed by atoms with Crippen molar-refractivity contribution in [2.45, 2.75) is 12.5 Å². The zero-order valence-corrected chi connectivity index (χ0v) is 18.5. The quantitative estimate of drug-likeness (QED) is 0.418. The van der Waals surface area contributed by atoms with Gasteiger partial charge >= 0.3 is 0 Å².